The highest BCUT2D eigenvalue weighted by Crippen LogP contribution is 2.32. The minimum Gasteiger partial charge on any atom is -0.352 e. The molecule has 0 heterocycles. The second kappa shape index (κ2) is 8.66. The van der Waals surface area contributed by atoms with Crippen molar-refractivity contribution in [1.29, 1.82) is 0 Å². The maximum atomic E-state index is 13.0. The second-order valence-corrected chi connectivity index (χ2v) is 8.01. The molecule has 1 N–H and O–H groups in total. The van der Waals surface area contributed by atoms with E-state index < -0.39 is 0 Å². The molecule has 0 saturated heterocycles. The van der Waals surface area contributed by atoms with Crippen LogP contribution in [0.25, 0.3) is 0 Å². The lowest BCUT2D eigenvalue weighted by Crippen LogP contribution is -2.41. The van der Waals surface area contributed by atoms with E-state index in [9.17, 15) is 4.79 Å². The number of aryl methyl sites for hydroxylation is 2. The Hall–Kier alpha value is -1.61. The van der Waals surface area contributed by atoms with Gasteiger partial charge in [-0.3, -0.25) is 4.79 Å². The average molecular weight is 402 g/mol. The Balaban J connectivity index is 2.16. The summed E-state index contributed by atoms with van der Waals surface area (Å²) in [5, 5.41) is 3.95. The van der Waals surface area contributed by atoms with Crippen LogP contribution >= 0.6 is 15.9 Å². The highest BCUT2D eigenvalue weighted by atomic mass is 79.9. The van der Waals surface area contributed by atoms with Gasteiger partial charge in [0.15, 0.2) is 0 Å². The monoisotopic (exact) mass is 401 g/mol. The van der Waals surface area contributed by atoms with Gasteiger partial charge in [-0.1, -0.05) is 78.3 Å². The van der Waals surface area contributed by atoms with Gasteiger partial charge in [0, 0.05) is 17.8 Å². The van der Waals surface area contributed by atoms with Crippen molar-refractivity contribution in [3.05, 3.63) is 70.8 Å². The first kappa shape index (κ1) is 19.7. The van der Waals surface area contributed by atoms with Crippen LogP contribution in [0.3, 0.4) is 0 Å². The molecule has 0 bridgehead atoms. The van der Waals surface area contributed by atoms with E-state index in [2.05, 4.69) is 73.2 Å². The fourth-order valence-electron chi connectivity index (χ4n) is 2.99. The molecule has 1 amide bonds. The van der Waals surface area contributed by atoms with Gasteiger partial charge in [-0.05, 0) is 47.9 Å². The maximum Gasteiger partial charge on any atom is 0.224 e. The van der Waals surface area contributed by atoms with E-state index in [1.807, 2.05) is 24.3 Å². The van der Waals surface area contributed by atoms with Crippen molar-refractivity contribution in [2.75, 3.05) is 5.33 Å². The van der Waals surface area contributed by atoms with Crippen LogP contribution in [0, 0.1) is 25.2 Å². The van der Waals surface area contributed by atoms with Gasteiger partial charge >= 0.3 is 0 Å². The first-order chi connectivity index (χ1) is 11.8. The SMILES string of the molecule is Cc1ccccc1CNC(=O)C(Cc1ccccc1C)C(C)(C)CBr. The van der Waals surface area contributed by atoms with Gasteiger partial charge in [-0.2, -0.15) is 0 Å². The quantitative estimate of drug-likeness (QED) is 0.634. The Bertz CT molecular complexity index is 723. The summed E-state index contributed by atoms with van der Waals surface area (Å²) in [6.07, 6.45) is 0.755. The van der Waals surface area contributed by atoms with Gasteiger partial charge in [0.2, 0.25) is 5.91 Å². The van der Waals surface area contributed by atoms with Gasteiger partial charge in [-0.15, -0.1) is 0 Å². The van der Waals surface area contributed by atoms with E-state index in [-0.39, 0.29) is 17.2 Å². The molecule has 1 unspecified atom stereocenters. The summed E-state index contributed by atoms with van der Waals surface area (Å²) in [7, 11) is 0. The fourth-order valence-corrected chi connectivity index (χ4v) is 3.38. The number of hydrogen-bond acceptors (Lipinski definition) is 1. The molecule has 0 aliphatic heterocycles. The van der Waals surface area contributed by atoms with Crippen LogP contribution in [0.2, 0.25) is 0 Å². The number of carbonyl (C=O) groups excluding carboxylic acids is 1. The van der Waals surface area contributed by atoms with Crippen molar-refractivity contribution in [2.24, 2.45) is 11.3 Å². The molecule has 0 fully saturated rings. The van der Waals surface area contributed by atoms with E-state index in [1.165, 1.54) is 22.3 Å². The van der Waals surface area contributed by atoms with Crippen molar-refractivity contribution in [3.63, 3.8) is 0 Å². The van der Waals surface area contributed by atoms with Crippen LogP contribution in [-0.2, 0) is 17.8 Å². The van der Waals surface area contributed by atoms with E-state index in [0.717, 1.165) is 11.8 Å². The Labute approximate surface area is 160 Å². The van der Waals surface area contributed by atoms with Crippen LogP contribution < -0.4 is 5.32 Å². The Morgan fingerprint density at radius 1 is 1.00 bits per heavy atom. The summed E-state index contributed by atoms with van der Waals surface area (Å²) in [6, 6.07) is 16.5. The van der Waals surface area contributed by atoms with E-state index in [1.54, 1.807) is 0 Å². The third kappa shape index (κ3) is 5.18. The number of rotatable bonds is 7. The number of carbonyl (C=O) groups is 1. The summed E-state index contributed by atoms with van der Waals surface area (Å²) >= 11 is 3.60. The van der Waals surface area contributed by atoms with Crippen molar-refractivity contribution < 1.29 is 4.79 Å². The number of amides is 1. The van der Waals surface area contributed by atoms with Crippen molar-refractivity contribution in [2.45, 2.75) is 40.7 Å². The number of halogens is 1. The zero-order chi connectivity index (χ0) is 18.4. The largest absolute Gasteiger partial charge is 0.352 e. The zero-order valence-corrected chi connectivity index (χ0v) is 17.2. The predicted molar refractivity (Wildman–Crippen MR) is 109 cm³/mol. The van der Waals surface area contributed by atoms with Crippen LogP contribution in [0.5, 0.6) is 0 Å². The molecule has 1 atom stereocenters. The van der Waals surface area contributed by atoms with Crippen LogP contribution in [0.4, 0.5) is 0 Å². The Morgan fingerprint density at radius 2 is 1.52 bits per heavy atom. The summed E-state index contributed by atoms with van der Waals surface area (Å²) in [4.78, 5) is 13.0. The highest BCUT2D eigenvalue weighted by Gasteiger charge is 2.34. The van der Waals surface area contributed by atoms with Crippen molar-refractivity contribution >= 4 is 21.8 Å². The molecular weight excluding hydrogens is 374 g/mol. The number of alkyl halides is 1. The summed E-state index contributed by atoms with van der Waals surface area (Å²) in [5.41, 5.74) is 4.73. The maximum absolute atomic E-state index is 13.0. The smallest absolute Gasteiger partial charge is 0.224 e. The molecular formula is C22H28BrNO. The lowest BCUT2D eigenvalue weighted by atomic mass is 9.76. The lowest BCUT2D eigenvalue weighted by molar-refractivity contribution is -0.128. The molecule has 2 aromatic rings. The normalized spacial score (nSPS) is 12.7. The summed E-state index contributed by atoms with van der Waals surface area (Å²) < 4.78 is 0. The molecule has 0 aliphatic carbocycles. The second-order valence-electron chi connectivity index (χ2n) is 7.45. The standard InChI is InChI=1S/C22H28BrNO/c1-16-9-5-7-11-18(16)13-20(22(3,4)15-23)21(25)24-14-19-12-8-6-10-17(19)2/h5-12,20H,13-15H2,1-4H3,(H,24,25). The van der Waals surface area contributed by atoms with Crippen LogP contribution in [0.15, 0.2) is 48.5 Å². The van der Waals surface area contributed by atoms with Gasteiger partial charge in [0.1, 0.15) is 0 Å². The number of benzene rings is 2. The first-order valence-corrected chi connectivity index (χ1v) is 9.90. The molecule has 2 rings (SSSR count). The molecule has 25 heavy (non-hydrogen) atoms. The number of nitrogens with one attached hydrogen (secondary N) is 1. The predicted octanol–water partition coefficient (Wildman–Crippen LogP) is 5.20. The topological polar surface area (TPSA) is 29.1 Å². The van der Waals surface area contributed by atoms with E-state index in [4.69, 9.17) is 0 Å². The van der Waals surface area contributed by atoms with E-state index >= 15 is 0 Å². The number of hydrogen-bond donors (Lipinski definition) is 1. The first-order valence-electron chi connectivity index (χ1n) is 8.78. The third-order valence-electron chi connectivity index (χ3n) is 5.00. The van der Waals surface area contributed by atoms with Crippen LogP contribution in [0.1, 0.15) is 36.1 Å². The molecule has 0 saturated carbocycles. The van der Waals surface area contributed by atoms with Crippen LogP contribution in [-0.4, -0.2) is 11.2 Å². The van der Waals surface area contributed by atoms with Gasteiger partial charge < -0.3 is 5.32 Å². The Kier molecular flexibility index (Phi) is 6.83. The molecule has 0 aliphatic rings. The Morgan fingerprint density at radius 3 is 2.04 bits per heavy atom. The molecule has 2 nitrogen and oxygen atoms in total. The fraction of sp³-hybridized carbons (Fsp3) is 0.409. The average Bonchev–Trinajstić information content (AvgIpc) is 2.60. The summed E-state index contributed by atoms with van der Waals surface area (Å²) in [6.45, 7) is 9.07. The van der Waals surface area contributed by atoms with Crippen molar-refractivity contribution in [3.8, 4) is 0 Å². The minimum atomic E-state index is -0.127. The molecule has 134 valence electrons. The molecule has 0 aromatic heterocycles. The molecule has 3 heteroatoms. The zero-order valence-electron chi connectivity index (χ0n) is 15.6. The highest BCUT2D eigenvalue weighted by molar-refractivity contribution is 9.09. The van der Waals surface area contributed by atoms with Gasteiger partial charge in [0.25, 0.3) is 0 Å². The summed E-state index contributed by atoms with van der Waals surface area (Å²) in [5.74, 6) is 0.0351. The van der Waals surface area contributed by atoms with Crippen molar-refractivity contribution in [1.82, 2.24) is 5.32 Å². The minimum absolute atomic E-state index is 0.0861. The molecule has 0 spiro atoms. The van der Waals surface area contributed by atoms with E-state index in [0.29, 0.717) is 6.54 Å². The van der Waals surface area contributed by atoms with Gasteiger partial charge in [0.05, 0.1) is 0 Å². The molecule has 2 aromatic carbocycles. The molecule has 0 radical (unpaired) electrons. The third-order valence-corrected chi connectivity index (χ3v) is 6.45. The van der Waals surface area contributed by atoms with Gasteiger partial charge in [-0.25, -0.2) is 0 Å². The lowest BCUT2D eigenvalue weighted by Gasteiger charge is -2.32.